The quantitative estimate of drug-likeness (QED) is 0.281. The van der Waals surface area contributed by atoms with E-state index in [0.29, 0.717) is 16.5 Å². The minimum absolute atomic E-state index is 0.243. The zero-order valence-corrected chi connectivity index (χ0v) is 24.5. The molecule has 1 aliphatic rings. The zero-order chi connectivity index (χ0) is 28.6. The smallest absolute Gasteiger partial charge is 0.229 e. The van der Waals surface area contributed by atoms with Gasteiger partial charge in [-0.1, -0.05) is 12.1 Å². The lowest BCUT2D eigenvalue weighted by Crippen LogP contribution is -2.29. The Morgan fingerprint density at radius 2 is 1.77 bits per heavy atom. The van der Waals surface area contributed by atoms with Crippen molar-refractivity contribution >= 4 is 38.7 Å². The van der Waals surface area contributed by atoms with Gasteiger partial charge in [0.1, 0.15) is 11.5 Å². The highest BCUT2D eigenvalue weighted by molar-refractivity contribution is 7.92. The Morgan fingerprint density at radius 3 is 2.45 bits per heavy atom. The van der Waals surface area contributed by atoms with Crippen LogP contribution in [0.25, 0.3) is 5.69 Å². The molecule has 1 aliphatic heterocycles. The molecule has 2 aromatic heterocycles. The fraction of sp³-hybridized carbons (Fsp3) is 0.241. The number of hydrogen-bond acceptors (Lipinski definition) is 6. The van der Waals surface area contributed by atoms with Gasteiger partial charge in [0.25, 0.3) is 0 Å². The van der Waals surface area contributed by atoms with Crippen LogP contribution < -0.4 is 24.4 Å². The van der Waals surface area contributed by atoms with Gasteiger partial charge >= 0.3 is 0 Å². The van der Waals surface area contributed by atoms with Crippen molar-refractivity contribution in [3.05, 3.63) is 95.6 Å². The van der Waals surface area contributed by atoms with E-state index < -0.39 is 10.0 Å². The molecule has 2 N–H and O–H groups in total. The lowest BCUT2D eigenvalue weighted by atomic mass is 9.96. The number of ether oxygens (including phenoxy) is 2. The first-order chi connectivity index (χ1) is 19.1. The van der Waals surface area contributed by atoms with Crippen molar-refractivity contribution in [1.29, 1.82) is 0 Å². The van der Waals surface area contributed by atoms with Crippen LogP contribution in [-0.2, 0) is 10.0 Å². The monoisotopic (exact) mass is 577 g/mol. The predicted molar refractivity (Wildman–Crippen MR) is 161 cm³/mol. The number of aryl methyl sites for hydroxylation is 1. The fourth-order valence-corrected chi connectivity index (χ4v) is 6.21. The van der Waals surface area contributed by atoms with Crippen LogP contribution in [0.15, 0.2) is 72.9 Å². The van der Waals surface area contributed by atoms with Crippen molar-refractivity contribution in [2.75, 3.05) is 30.1 Å². The molecule has 208 valence electrons. The molecule has 40 heavy (non-hydrogen) atoms. The summed E-state index contributed by atoms with van der Waals surface area (Å²) in [4.78, 5) is 6.69. The summed E-state index contributed by atoms with van der Waals surface area (Å²) >= 11 is 5.90. The van der Waals surface area contributed by atoms with Gasteiger partial charge in [-0.05, 0) is 74.1 Å². The average molecular weight is 578 g/mol. The summed E-state index contributed by atoms with van der Waals surface area (Å²) < 4.78 is 39.6. The lowest BCUT2D eigenvalue weighted by molar-refractivity contribution is 0.414. The second-order valence-electron chi connectivity index (χ2n) is 9.62. The van der Waals surface area contributed by atoms with Gasteiger partial charge in [-0.25, -0.2) is 8.42 Å². The van der Waals surface area contributed by atoms with Crippen molar-refractivity contribution < 1.29 is 17.9 Å². The van der Waals surface area contributed by atoms with Gasteiger partial charge in [0.15, 0.2) is 5.11 Å². The molecule has 4 aromatic rings. The molecule has 2 aromatic carbocycles. The Balaban J connectivity index is 1.66. The van der Waals surface area contributed by atoms with E-state index in [1.165, 1.54) is 7.11 Å². The molecule has 2 atom stereocenters. The molecule has 3 heterocycles. The van der Waals surface area contributed by atoms with E-state index in [9.17, 15) is 8.42 Å². The number of hydrogen-bond donors (Lipinski definition) is 2. The second kappa shape index (κ2) is 10.8. The molecule has 1 saturated heterocycles. The number of pyridine rings is 1. The maximum atomic E-state index is 11.9. The third-order valence-corrected chi connectivity index (χ3v) is 7.86. The minimum atomic E-state index is -3.49. The van der Waals surface area contributed by atoms with Crippen molar-refractivity contribution in [3.8, 4) is 17.2 Å². The number of thiocarbonyl (C=S) groups is 1. The van der Waals surface area contributed by atoms with E-state index >= 15 is 0 Å². The van der Waals surface area contributed by atoms with Crippen LogP contribution in [-0.4, -0.2) is 43.6 Å². The molecule has 0 amide bonds. The van der Waals surface area contributed by atoms with Crippen molar-refractivity contribution in [1.82, 2.24) is 14.9 Å². The number of rotatable bonds is 8. The molecule has 1 fully saturated rings. The van der Waals surface area contributed by atoms with Gasteiger partial charge in [-0.15, -0.1) is 0 Å². The Hall–Kier alpha value is -4.09. The molecule has 11 heteroatoms. The van der Waals surface area contributed by atoms with E-state index in [2.05, 4.69) is 45.6 Å². The molecule has 0 unspecified atom stereocenters. The summed E-state index contributed by atoms with van der Waals surface area (Å²) in [6.45, 7) is 4.17. The van der Waals surface area contributed by atoms with Crippen LogP contribution in [0.1, 0.15) is 34.7 Å². The maximum Gasteiger partial charge on any atom is 0.229 e. The molecule has 9 nitrogen and oxygen atoms in total. The highest BCUT2D eigenvalue weighted by atomic mass is 32.2. The summed E-state index contributed by atoms with van der Waals surface area (Å²) in [7, 11) is -0.331. The van der Waals surface area contributed by atoms with E-state index in [4.69, 9.17) is 21.7 Å². The standard InChI is InChI=1S/C29H31N5O4S2/c1-18-15-23(19(2)33(18)20-9-8-10-22(16-20)37-3)28-27(25-11-6-7-14-30-25)31-29(39)34(28)21-12-13-24(26(17-21)38-4)32-40(5,35)36/h6-17,27-28,32H,1-5H3,(H,31,39)/t27-,28-/m1/s1. The van der Waals surface area contributed by atoms with E-state index in [1.54, 1.807) is 25.4 Å². The van der Waals surface area contributed by atoms with Gasteiger partial charge < -0.3 is 24.3 Å². The first-order valence-electron chi connectivity index (χ1n) is 12.6. The summed E-state index contributed by atoms with van der Waals surface area (Å²) in [5, 5.41) is 4.01. The zero-order valence-electron chi connectivity index (χ0n) is 22.9. The summed E-state index contributed by atoms with van der Waals surface area (Å²) in [5.41, 5.74) is 6.13. The van der Waals surface area contributed by atoms with Gasteiger partial charge in [-0.2, -0.15) is 0 Å². The van der Waals surface area contributed by atoms with Crippen LogP contribution in [0, 0.1) is 13.8 Å². The molecule has 0 spiro atoms. The summed E-state index contributed by atoms with van der Waals surface area (Å²) in [5.74, 6) is 1.16. The summed E-state index contributed by atoms with van der Waals surface area (Å²) in [6.07, 6.45) is 2.87. The van der Waals surface area contributed by atoms with Gasteiger partial charge in [0, 0.05) is 41.1 Å². The lowest BCUT2D eigenvalue weighted by Gasteiger charge is -2.29. The number of anilines is 2. The van der Waals surface area contributed by atoms with Crippen molar-refractivity contribution in [3.63, 3.8) is 0 Å². The van der Waals surface area contributed by atoms with Crippen LogP contribution in [0.5, 0.6) is 11.5 Å². The van der Waals surface area contributed by atoms with Crippen LogP contribution in [0.2, 0.25) is 0 Å². The van der Waals surface area contributed by atoms with E-state index in [0.717, 1.165) is 46.0 Å². The third kappa shape index (κ3) is 5.22. The highest BCUT2D eigenvalue weighted by Crippen LogP contribution is 2.45. The van der Waals surface area contributed by atoms with Crippen LogP contribution >= 0.6 is 12.2 Å². The predicted octanol–water partition coefficient (Wildman–Crippen LogP) is 5.05. The number of nitrogens with one attached hydrogen (secondary N) is 2. The number of sulfonamides is 1. The highest BCUT2D eigenvalue weighted by Gasteiger charge is 2.42. The Bertz CT molecular complexity index is 1670. The van der Waals surface area contributed by atoms with Crippen molar-refractivity contribution in [2.45, 2.75) is 25.9 Å². The first kappa shape index (κ1) is 27.5. The molecule has 0 bridgehead atoms. The molecular formula is C29H31N5O4S2. The number of benzene rings is 2. The van der Waals surface area contributed by atoms with Crippen molar-refractivity contribution in [2.24, 2.45) is 0 Å². The van der Waals surface area contributed by atoms with E-state index in [-0.39, 0.29) is 12.1 Å². The molecule has 5 rings (SSSR count). The first-order valence-corrected chi connectivity index (χ1v) is 14.9. The minimum Gasteiger partial charge on any atom is -0.497 e. The maximum absolute atomic E-state index is 11.9. The van der Waals surface area contributed by atoms with Gasteiger partial charge in [0.2, 0.25) is 10.0 Å². The fourth-order valence-electron chi connectivity index (χ4n) is 5.30. The molecule has 0 saturated carbocycles. The average Bonchev–Trinajstić information content (AvgIpc) is 3.43. The van der Waals surface area contributed by atoms with Gasteiger partial charge in [-0.3, -0.25) is 9.71 Å². The van der Waals surface area contributed by atoms with Crippen LogP contribution in [0.3, 0.4) is 0 Å². The number of nitrogens with zero attached hydrogens (tertiary/aromatic N) is 3. The van der Waals surface area contributed by atoms with Gasteiger partial charge in [0.05, 0.1) is 43.9 Å². The normalized spacial score (nSPS) is 17.0. The van der Waals surface area contributed by atoms with Crippen LogP contribution in [0.4, 0.5) is 11.4 Å². The molecular weight excluding hydrogens is 546 g/mol. The largest absolute Gasteiger partial charge is 0.497 e. The Kier molecular flexibility index (Phi) is 7.43. The SMILES string of the molecule is COc1cccc(-n2c(C)cc([C@@H]3[C@@H](c4ccccn4)NC(=S)N3c3ccc(NS(C)(=O)=O)c(OC)c3)c2C)c1. The number of methoxy groups -OCH3 is 2. The Morgan fingerprint density at radius 1 is 0.975 bits per heavy atom. The van der Waals surface area contributed by atoms with E-state index in [1.807, 2.05) is 47.4 Å². The molecule has 0 radical (unpaired) electrons. The Labute approximate surface area is 239 Å². The molecule has 0 aliphatic carbocycles. The summed E-state index contributed by atoms with van der Waals surface area (Å²) in [6, 6.07) is 20.8. The second-order valence-corrected chi connectivity index (χ2v) is 11.8. The topological polar surface area (TPSA) is 97.7 Å². The number of aromatic nitrogens is 2. The third-order valence-electron chi connectivity index (χ3n) is 6.96.